The third kappa shape index (κ3) is 21.0. The first-order chi connectivity index (χ1) is 18.3. The quantitative estimate of drug-likeness (QED) is 0.0821. The second-order valence-corrected chi connectivity index (χ2v) is 8.36. The lowest BCUT2D eigenvalue weighted by molar-refractivity contribution is -0.189. The van der Waals surface area contributed by atoms with Crippen molar-refractivity contribution in [3.63, 3.8) is 0 Å². The molecule has 0 aliphatic carbocycles. The van der Waals surface area contributed by atoms with Crippen LogP contribution in [0.4, 0.5) is 0 Å². The smallest absolute Gasteiger partial charge is 0.277 e. The molecule has 2 amide bonds. The van der Waals surface area contributed by atoms with E-state index in [1.165, 1.54) is 38.5 Å². The van der Waals surface area contributed by atoms with Crippen molar-refractivity contribution in [3.8, 4) is 0 Å². The van der Waals surface area contributed by atoms with Gasteiger partial charge in [0.05, 0.1) is 79.3 Å². The molecule has 1 aliphatic rings. The van der Waals surface area contributed by atoms with Crippen LogP contribution in [0.2, 0.25) is 0 Å². The topological polar surface area (TPSA) is 102 Å². The molecule has 0 aromatic heterocycles. The number of carbonyl (C=O) groups is 2. The molecule has 0 saturated heterocycles. The number of hydroxylamine groups is 2. The highest BCUT2D eigenvalue weighted by atomic mass is 16.7. The predicted molar refractivity (Wildman–Crippen MR) is 139 cm³/mol. The fourth-order valence-electron chi connectivity index (χ4n) is 3.28. The van der Waals surface area contributed by atoms with Crippen molar-refractivity contribution in [1.29, 1.82) is 0 Å². The Morgan fingerprint density at radius 2 is 0.865 bits per heavy atom. The molecule has 37 heavy (non-hydrogen) atoms. The zero-order chi connectivity index (χ0) is 26.7. The van der Waals surface area contributed by atoms with Gasteiger partial charge in [-0.3, -0.25) is 14.4 Å². The van der Waals surface area contributed by atoms with Gasteiger partial charge < -0.3 is 28.4 Å². The lowest BCUT2D eigenvalue weighted by Gasteiger charge is -2.13. The van der Waals surface area contributed by atoms with Crippen molar-refractivity contribution in [2.45, 2.75) is 51.4 Å². The predicted octanol–water partition coefficient (Wildman–Crippen LogP) is 3.25. The molecule has 214 valence electrons. The Bertz CT molecular complexity index is 582. The summed E-state index contributed by atoms with van der Waals surface area (Å²) in [6.45, 7) is 9.96. The number of hydrogen-bond donors (Lipinski definition) is 0. The number of ether oxygens (including phenoxy) is 6. The average Bonchev–Trinajstić information content (AvgIpc) is 3.22. The van der Waals surface area contributed by atoms with E-state index in [9.17, 15) is 9.59 Å². The molecule has 0 N–H and O–H groups in total. The summed E-state index contributed by atoms with van der Waals surface area (Å²) in [5.74, 6) is -0.962. The summed E-state index contributed by atoms with van der Waals surface area (Å²) in [4.78, 5) is 27.6. The van der Waals surface area contributed by atoms with E-state index in [2.05, 4.69) is 6.58 Å². The number of hydrogen-bond acceptors (Lipinski definition) is 9. The second-order valence-electron chi connectivity index (χ2n) is 8.36. The van der Waals surface area contributed by atoms with Gasteiger partial charge in [-0.2, -0.15) is 0 Å². The molecule has 0 bridgehead atoms. The molecular formula is C27H47NO9. The van der Waals surface area contributed by atoms with Crippen LogP contribution in [-0.2, 0) is 42.8 Å². The van der Waals surface area contributed by atoms with E-state index in [1.54, 1.807) is 0 Å². The number of amides is 2. The van der Waals surface area contributed by atoms with Crippen molar-refractivity contribution >= 4 is 11.8 Å². The van der Waals surface area contributed by atoms with Gasteiger partial charge in [0, 0.05) is 18.8 Å². The van der Waals surface area contributed by atoms with Crippen molar-refractivity contribution in [1.82, 2.24) is 5.06 Å². The molecule has 0 unspecified atom stereocenters. The van der Waals surface area contributed by atoms with Gasteiger partial charge in [-0.05, 0) is 19.3 Å². The molecule has 1 aliphatic heterocycles. The molecule has 0 saturated carbocycles. The van der Waals surface area contributed by atoms with Crippen molar-refractivity contribution in [3.05, 3.63) is 24.8 Å². The molecule has 10 nitrogen and oxygen atoms in total. The maximum atomic E-state index is 11.3. The first-order valence-corrected chi connectivity index (χ1v) is 13.5. The molecule has 10 heteroatoms. The summed E-state index contributed by atoms with van der Waals surface area (Å²) < 4.78 is 32.7. The summed E-state index contributed by atoms with van der Waals surface area (Å²) in [6.07, 6.45) is 14.4. The van der Waals surface area contributed by atoms with Crippen LogP contribution >= 0.6 is 0 Å². The van der Waals surface area contributed by atoms with E-state index in [-0.39, 0.29) is 13.2 Å². The van der Waals surface area contributed by atoms with Crippen LogP contribution in [0, 0.1) is 0 Å². The normalized spacial score (nSPS) is 13.2. The Kier molecular flexibility index (Phi) is 23.4. The minimum Gasteiger partial charge on any atom is -0.379 e. The third-order valence-corrected chi connectivity index (χ3v) is 5.27. The average molecular weight is 530 g/mol. The molecule has 0 aromatic carbocycles. The van der Waals surface area contributed by atoms with Crippen LogP contribution < -0.4 is 0 Å². The Labute approximate surface area is 222 Å². The number of carbonyl (C=O) groups excluding carboxylic acids is 2. The molecule has 1 rings (SSSR count). The summed E-state index contributed by atoms with van der Waals surface area (Å²) in [7, 11) is 0. The minimum absolute atomic E-state index is 0.110. The molecule has 0 atom stereocenters. The number of imide groups is 1. The Morgan fingerprint density at radius 3 is 1.30 bits per heavy atom. The fraction of sp³-hybridized carbons (Fsp3) is 0.778. The zero-order valence-corrected chi connectivity index (χ0v) is 22.4. The van der Waals surface area contributed by atoms with Gasteiger partial charge >= 0.3 is 0 Å². The molecule has 0 aromatic rings. The number of unbranched alkanes of at least 4 members (excludes halogenated alkanes) is 7. The molecule has 0 spiro atoms. The highest BCUT2D eigenvalue weighted by Crippen LogP contribution is 2.08. The van der Waals surface area contributed by atoms with Crippen molar-refractivity contribution < 1.29 is 42.8 Å². The first kappa shape index (κ1) is 33.4. The highest BCUT2D eigenvalue weighted by Gasteiger charge is 2.24. The maximum absolute atomic E-state index is 11.3. The first-order valence-electron chi connectivity index (χ1n) is 13.5. The van der Waals surface area contributed by atoms with Gasteiger partial charge in [0.25, 0.3) is 11.8 Å². The van der Waals surface area contributed by atoms with Crippen LogP contribution in [-0.4, -0.2) is 103 Å². The summed E-state index contributed by atoms with van der Waals surface area (Å²) >= 11 is 0. The van der Waals surface area contributed by atoms with Crippen LogP contribution in [0.5, 0.6) is 0 Å². The van der Waals surface area contributed by atoms with E-state index in [4.69, 9.17) is 33.3 Å². The van der Waals surface area contributed by atoms with E-state index < -0.39 is 11.8 Å². The Morgan fingerprint density at radius 1 is 0.514 bits per heavy atom. The van der Waals surface area contributed by atoms with Gasteiger partial charge in [-0.15, -0.1) is 11.6 Å². The lowest BCUT2D eigenvalue weighted by Crippen LogP contribution is -2.31. The molecule has 0 fully saturated rings. The van der Waals surface area contributed by atoms with Crippen LogP contribution in [0.25, 0.3) is 0 Å². The standard InChI is InChI=1S/C27H47NO9/c1-2-3-4-5-6-7-8-9-10-13-31-14-15-32-16-17-33-18-19-34-20-21-35-22-23-36-24-25-37-28-26(29)11-12-27(28)30/h2,11-12H,1,3-10,13-25H2. The molecule has 0 radical (unpaired) electrons. The number of nitrogens with zero attached hydrogens (tertiary/aromatic N) is 1. The molecular weight excluding hydrogens is 482 g/mol. The van der Waals surface area contributed by atoms with E-state index in [1.807, 2.05) is 6.08 Å². The zero-order valence-electron chi connectivity index (χ0n) is 22.4. The van der Waals surface area contributed by atoms with Gasteiger partial charge in [-0.1, -0.05) is 38.2 Å². The van der Waals surface area contributed by atoms with Gasteiger partial charge in [0.2, 0.25) is 0 Å². The van der Waals surface area contributed by atoms with Crippen LogP contribution in [0.15, 0.2) is 24.8 Å². The highest BCUT2D eigenvalue weighted by molar-refractivity contribution is 6.11. The van der Waals surface area contributed by atoms with Gasteiger partial charge in [-0.25, -0.2) is 0 Å². The monoisotopic (exact) mass is 529 g/mol. The second kappa shape index (κ2) is 26.0. The van der Waals surface area contributed by atoms with E-state index in [0.29, 0.717) is 71.1 Å². The lowest BCUT2D eigenvalue weighted by atomic mass is 10.1. The molecule has 1 heterocycles. The minimum atomic E-state index is -0.481. The van der Waals surface area contributed by atoms with Gasteiger partial charge in [0.1, 0.15) is 0 Å². The van der Waals surface area contributed by atoms with Gasteiger partial charge in [0.15, 0.2) is 0 Å². The SMILES string of the molecule is C=CCCCCCCCCCOCCOCCOCCOCCOCCOCCON1C(=O)C=CC1=O. The fourth-order valence-corrected chi connectivity index (χ4v) is 3.28. The Balaban J connectivity index is 1.65. The number of rotatable bonds is 29. The maximum Gasteiger partial charge on any atom is 0.277 e. The van der Waals surface area contributed by atoms with Crippen LogP contribution in [0.1, 0.15) is 51.4 Å². The van der Waals surface area contributed by atoms with E-state index >= 15 is 0 Å². The Hall–Kier alpha value is -1.66. The summed E-state index contributed by atoms with van der Waals surface area (Å²) in [5.41, 5.74) is 0. The summed E-state index contributed by atoms with van der Waals surface area (Å²) in [6, 6.07) is 0. The van der Waals surface area contributed by atoms with E-state index in [0.717, 1.165) is 31.6 Å². The third-order valence-electron chi connectivity index (χ3n) is 5.27. The summed E-state index contributed by atoms with van der Waals surface area (Å²) in [5, 5.41) is 0.710. The largest absolute Gasteiger partial charge is 0.379 e. The van der Waals surface area contributed by atoms with Crippen molar-refractivity contribution in [2.75, 3.05) is 85.9 Å². The van der Waals surface area contributed by atoms with Crippen LogP contribution in [0.3, 0.4) is 0 Å². The van der Waals surface area contributed by atoms with Crippen molar-refractivity contribution in [2.24, 2.45) is 0 Å². The number of allylic oxidation sites excluding steroid dienone is 1.